The smallest absolute Gasteiger partial charge is 0.338 e. The Kier molecular flexibility index (Phi) is 7.48. The summed E-state index contributed by atoms with van der Waals surface area (Å²) in [4.78, 5) is 32.2. The fourth-order valence-electron chi connectivity index (χ4n) is 3.96. The van der Waals surface area contributed by atoms with Gasteiger partial charge in [0, 0.05) is 4.47 Å². The van der Waals surface area contributed by atoms with Crippen LogP contribution in [0, 0.1) is 0 Å². The molecular weight excluding hydrogens is 516 g/mol. The van der Waals surface area contributed by atoms with E-state index in [0.29, 0.717) is 32.8 Å². The molecule has 3 aromatic rings. The van der Waals surface area contributed by atoms with E-state index in [4.69, 9.17) is 14.5 Å². The molecule has 8 heteroatoms. The predicted molar refractivity (Wildman–Crippen MR) is 137 cm³/mol. The summed E-state index contributed by atoms with van der Waals surface area (Å²) in [5.74, 6) is 0.191. The van der Waals surface area contributed by atoms with Gasteiger partial charge in [-0.1, -0.05) is 64.9 Å². The maximum atomic E-state index is 13.7. The molecule has 0 bridgehead atoms. The van der Waals surface area contributed by atoms with Crippen molar-refractivity contribution in [3.05, 3.63) is 95.1 Å². The maximum absolute atomic E-state index is 13.7. The number of ether oxygens (including phenoxy) is 2. The topological polar surface area (TPSA) is 69.9 Å². The third kappa shape index (κ3) is 4.79. The van der Waals surface area contributed by atoms with Gasteiger partial charge in [-0.3, -0.25) is 9.36 Å². The highest BCUT2D eigenvalue weighted by Gasteiger charge is 2.34. The monoisotopic (exact) mass is 540 g/mol. The summed E-state index contributed by atoms with van der Waals surface area (Å²) in [6, 6.07) is 14.5. The van der Waals surface area contributed by atoms with Crippen LogP contribution in [-0.4, -0.2) is 24.3 Å². The van der Waals surface area contributed by atoms with Crippen molar-refractivity contribution in [3.8, 4) is 5.75 Å². The van der Waals surface area contributed by atoms with Gasteiger partial charge in [0.25, 0.3) is 5.56 Å². The van der Waals surface area contributed by atoms with Gasteiger partial charge in [-0.25, -0.2) is 9.79 Å². The molecule has 2 heterocycles. The molecule has 1 atom stereocenters. The third-order valence-corrected chi connectivity index (χ3v) is 6.98. The van der Waals surface area contributed by atoms with Crippen molar-refractivity contribution in [1.82, 2.24) is 4.57 Å². The normalized spacial score (nSPS) is 15.6. The molecule has 0 aliphatic carbocycles. The summed E-state index contributed by atoms with van der Waals surface area (Å²) in [5.41, 5.74) is 2.54. The number of esters is 1. The number of allylic oxidation sites excluding steroid dienone is 1. The van der Waals surface area contributed by atoms with E-state index in [1.54, 1.807) is 18.6 Å². The van der Waals surface area contributed by atoms with Gasteiger partial charge in [-0.15, -0.1) is 0 Å². The van der Waals surface area contributed by atoms with E-state index in [0.717, 1.165) is 22.0 Å². The number of halogens is 1. The lowest BCUT2D eigenvalue weighted by atomic mass is 9.94. The Morgan fingerprint density at radius 2 is 1.97 bits per heavy atom. The fourth-order valence-corrected chi connectivity index (χ4v) is 5.24. The molecule has 0 amide bonds. The van der Waals surface area contributed by atoms with Crippen molar-refractivity contribution >= 4 is 39.3 Å². The first-order chi connectivity index (χ1) is 16.5. The average Bonchev–Trinajstić information content (AvgIpc) is 3.14. The minimum atomic E-state index is -0.654. The largest absolute Gasteiger partial charge is 0.497 e. The molecule has 1 aliphatic rings. The van der Waals surface area contributed by atoms with Gasteiger partial charge in [-0.05, 0) is 54.8 Å². The average molecular weight is 541 g/mol. The van der Waals surface area contributed by atoms with Crippen LogP contribution in [0.3, 0.4) is 0 Å². The molecule has 0 saturated heterocycles. The first-order valence-corrected chi connectivity index (χ1v) is 12.7. The van der Waals surface area contributed by atoms with Crippen LogP contribution in [0.5, 0.6) is 5.75 Å². The van der Waals surface area contributed by atoms with Crippen LogP contribution in [0.4, 0.5) is 0 Å². The van der Waals surface area contributed by atoms with Gasteiger partial charge in [-0.2, -0.15) is 0 Å². The lowest BCUT2D eigenvalue weighted by Crippen LogP contribution is -2.40. The number of hydrogen-bond acceptors (Lipinski definition) is 6. The molecule has 1 aliphatic heterocycles. The van der Waals surface area contributed by atoms with Crippen LogP contribution >= 0.6 is 27.3 Å². The molecule has 0 saturated carbocycles. The van der Waals surface area contributed by atoms with Crippen molar-refractivity contribution in [2.75, 3.05) is 13.7 Å². The second-order valence-electron chi connectivity index (χ2n) is 7.74. The van der Waals surface area contributed by atoms with E-state index >= 15 is 0 Å². The third-order valence-electron chi connectivity index (χ3n) is 5.47. The van der Waals surface area contributed by atoms with Crippen molar-refractivity contribution < 1.29 is 14.3 Å². The van der Waals surface area contributed by atoms with Crippen molar-refractivity contribution in [2.24, 2.45) is 4.99 Å². The minimum absolute atomic E-state index is 0.197. The predicted octanol–water partition coefficient (Wildman–Crippen LogP) is 4.35. The standard InChI is InChI=1S/C26H25BrN2O4S/c1-4-7-20-22(25(31)33-5-2)23(17-8-6-9-19(15-17)32-3)29-24(30)21(34-26(29)28-20)14-16-10-12-18(27)13-11-16/h6,8-15,23H,4-5,7H2,1-3H3/b21-14-. The number of carbonyl (C=O) groups is 1. The highest BCUT2D eigenvalue weighted by Crippen LogP contribution is 2.33. The number of aromatic nitrogens is 1. The Balaban J connectivity index is 1.99. The van der Waals surface area contributed by atoms with Crippen LogP contribution in [0.1, 0.15) is 43.9 Å². The fraction of sp³-hybridized carbons (Fsp3) is 0.269. The molecule has 2 aromatic carbocycles. The number of hydrogen-bond donors (Lipinski definition) is 0. The van der Waals surface area contributed by atoms with E-state index in [1.807, 2.05) is 61.5 Å². The van der Waals surface area contributed by atoms with E-state index in [1.165, 1.54) is 11.3 Å². The molecule has 0 N–H and O–H groups in total. The summed E-state index contributed by atoms with van der Waals surface area (Å²) >= 11 is 4.76. The van der Waals surface area contributed by atoms with Crippen LogP contribution in [0.2, 0.25) is 0 Å². The van der Waals surface area contributed by atoms with E-state index < -0.39 is 12.0 Å². The highest BCUT2D eigenvalue weighted by molar-refractivity contribution is 9.10. The number of thiazole rings is 1. The van der Waals surface area contributed by atoms with Gasteiger partial charge in [0.1, 0.15) is 5.75 Å². The highest BCUT2D eigenvalue weighted by atomic mass is 79.9. The minimum Gasteiger partial charge on any atom is -0.497 e. The number of fused-ring (bicyclic) bond motifs is 1. The summed E-state index contributed by atoms with van der Waals surface area (Å²) in [7, 11) is 1.59. The van der Waals surface area contributed by atoms with Crippen LogP contribution in [0.25, 0.3) is 6.08 Å². The van der Waals surface area contributed by atoms with Crippen molar-refractivity contribution in [2.45, 2.75) is 32.7 Å². The molecule has 0 fully saturated rings. The molecule has 6 nitrogen and oxygen atoms in total. The zero-order valence-corrected chi connectivity index (χ0v) is 21.6. The Morgan fingerprint density at radius 1 is 1.21 bits per heavy atom. The number of methoxy groups -OCH3 is 1. The van der Waals surface area contributed by atoms with Crippen LogP contribution < -0.4 is 19.6 Å². The Bertz CT molecular complexity index is 1420. The van der Waals surface area contributed by atoms with E-state index in [9.17, 15) is 9.59 Å². The zero-order chi connectivity index (χ0) is 24.2. The van der Waals surface area contributed by atoms with Gasteiger partial charge in [0.15, 0.2) is 4.80 Å². The Hall–Kier alpha value is -2.97. The van der Waals surface area contributed by atoms with Crippen LogP contribution in [-0.2, 0) is 9.53 Å². The molecule has 176 valence electrons. The SMILES string of the molecule is CCCC1=C(C(=O)OCC)C(c2cccc(OC)c2)n2c(s/c(=C\c3ccc(Br)cc3)c2=O)=N1. The van der Waals surface area contributed by atoms with Crippen molar-refractivity contribution in [1.29, 1.82) is 0 Å². The lowest BCUT2D eigenvalue weighted by molar-refractivity contribution is -0.139. The lowest BCUT2D eigenvalue weighted by Gasteiger charge is -2.26. The molecule has 34 heavy (non-hydrogen) atoms. The second kappa shape index (κ2) is 10.5. The summed E-state index contributed by atoms with van der Waals surface area (Å²) in [5, 5.41) is 0. The van der Waals surface area contributed by atoms with E-state index in [2.05, 4.69) is 15.9 Å². The zero-order valence-electron chi connectivity index (χ0n) is 19.2. The Labute approximate surface area is 210 Å². The summed E-state index contributed by atoms with van der Waals surface area (Å²) < 4.78 is 14.0. The molecule has 0 radical (unpaired) electrons. The Morgan fingerprint density at radius 3 is 2.65 bits per heavy atom. The second-order valence-corrected chi connectivity index (χ2v) is 9.67. The first-order valence-electron chi connectivity index (χ1n) is 11.1. The molecule has 1 aromatic heterocycles. The van der Waals surface area contributed by atoms with Gasteiger partial charge in [0.2, 0.25) is 0 Å². The number of rotatable bonds is 7. The van der Waals surface area contributed by atoms with Gasteiger partial charge in [0.05, 0.1) is 35.6 Å². The van der Waals surface area contributed by atoms with Gasteiger partial charge < -0.3 is 9.47 Å². The molecule has 0 spiro atoms. The van der Waals surface area contributed by atoms with E-state index in [-0.39, 0.29) is 12.2 Å². The number of nitrogens with zero attached hydrogens (tertiary/aromatic N) is 2. The van der Waals surface area contributed by atoms with Gasteiger partial charge >= 0.3 is 5.97 Å². The molecular formula is C26H25BrN2O4S. The molecule has 1 unspecified atom stereocenters. The molecule has 4 rings (SSSR count). The quantitative estimate of drug-likeness (QED) is 0.417. The summed E-state index contributed by atoms with van der Waals surface area (Å²) in [6.07, 6.45) is 3.26. The van der Waals surface area contributed by atoms with Crippen molar-refractivity contribution in [3.63, 3.8) is 0 Å². The maximum Gasteiger partial charge on any atom is 0.338 e. The summed E-state index contributed by atoms with van der Waals surface area (Å²) in [6.45, 7) is 4.04. The number of carbonyl (C=O) groups excluding carboxylic acids is 1. The van der Waals surface area contributed by atoms with Crippen LogP contribution in [0.15, 0.2) is 74.1 Å². The number of benzene rings is 2. The first kappa shape index (κ1) is 24.2.